The molecule has 3 aromatic rings. The third kappa shape index (κ3) is 4.76. The van der Waals surface area contributed by atoms with E-state index in [4.69, 9.17) is 4.74 Å². The first-order chi connectivity index (χ1) is 12.5. The Morgan fingerprint density at radius 2 is 1.92 bits per heavy atom. The molecule has 0 spiro atoms. The Balaban J connectivity index is 1.72. The number of non-ortho nitro benzene ring substituents is 1. The van der Waals surface area contributed by atoms with E-state index in [0.29, 0.717) is 22.5 Å². The molecule has 0 radical (unpaired) electrons. The molecule has 0 aliphatic rings. The highest BCUT2D eigenvalue weighted by Gasteiger charge is 2.09. The summed E-state index contributed by atoms with van der Waals surface area (Å²) in [6, 6.07) is 13.8. The number of halogens is 1. The molecular weight excluding hydrogens is 357 g/mol. The molecule has 26 heavy (non-hydrogen) atoms. The minimum Gasteiger partial charge on any atom is -0.439 e. The fourth-order valence-electron chi connectivity index (χ4n) is 2.16. The van der Waals surface area contributed by atoms with Gasteiger partial charge in [-0.05, 0) is 36.8 Å². The van der Waals surface area contributed by atoms with Crippen LogP contribution in [-0.4, -0.2) is 14.9 Å². The van der Waals surface area contributed by atoms with Crippen molar-refractivity contribution in [2.24, 2.45) is 0 Å². The highest BCUT2D eigenvalue weighted by molar-refractivity contribution is 7.98. The van der Waals surface area contributed by atoms with Gasteiger partial charge in [-0.15, -0.1) is 0 Å². The fourth-order valence-corrected chi connectivity index (χ4v) is 3.00. The van der Waals surface area contributed by atoms with E-state index in [1.165, 1.54) is 48.2 Å². The lowest BCUT2D eigenvalue weighted by Gasteiger charge is -2.07. The fraction of sp³-hybridized carbons (Fsp3) is 0.111. The number of nitro benzene ring substituents is 1. The van der Waals surface area contributed by atoms with Gasteiger partial charge in [0.05, 0.1) is 4.92 Å². The molecule has 1 heterocycles. The summed E-state index contributed by atoms with van der Waals surface area (Å²) < 4.78 is 18.6. The summed E-state index contributed by atoms with van der Waals surface area (Å²) in [5.74, 6) is 0.968. The molecule has 132 valence electrons. The van der Waals surface area contributed by atoms with Crippen LogP contribution in [0.3, 0.4) is 0 Å². The summed E-state index contributed by atoms with van der Waals surface area (Å²) in [4.78, 5) is 19.1. The molecule has 0 aliphatic carbocycles. The lowest BCUT2D eigenvalue weighted by Crippen LogP contribution is -1.95. The lowest BCUT2D eigenvalue weighted by molar-refractivity contribution is -0.384. The van der Waals surface area contributed by atoms with Gasteiger partial charge in [-0.25, -0.2) is 9.37 Å². The number of ether oxygens (including phenoxy) is 1. The van der Waals surface area contributed by atoms with Crippen LogP contribution in [0.15, 0.2) is 59.8 Å². The molecule has 6 nitrogen and oxygen atoms in total. The van der Waals surface area contributed by atoms with Crippen molar-refractivity contribution in [2.45, 2.75) is 17.8 Å². The predicted molar refractivity (Wildman–Crippen MR) is 95.9 cm³/mol. The van der Waals surface area contributed by atoms with Gasteiger partial charge in [-0.1, -0.05) is 23.9 Å². The zero-order valence-electron chi connectivity index (χ0n) is 13.8. The van der Waals surface area contributed by atoms with E-state index in [0.717, 1.165) is 11.3 Å². The Morgan fingerprint density at radius 3 is 2.65 bits per heavy atom. The van der Waals surface area contributed by atoms with Crippen molar-refractivity contribution in [1.82, 2.24) is 9.97 Å². The van der Waals surface area contributed by atoms with E-state index >= 15 is 0 Å². The van der Waals surface area contributed by atoms with Crippen LogP contribution in [0, 0.1) is 22.9 Å². The van der Waals surface area contributed by atoms with Gasteiger partial charge >= 0.3 is 0 Å². The molecule has 0 amide bonds. The third-order valence-corrected chi connectivity index (χ3v) is 4.25. The van der Waals surface area contributed by atoms with Gasteiger partial charge in [0.1, 0.15) is 11.6 Å². The van der Waals surface area contributed by atoms with E-state index in [9.17, 15) is 14.5 Å². The van der Waals surface area contributed by atoms with Gasteiger partial charge in [0.15, 0.2) is 5.16 Å². The van der Waals surface area contributed by atoms with Gasteiger partial charge in [-0.2, -0.15) is 4.98 Å². The lowest BCUT2D eigenvalue weighted by atomic mass is 10.2. The van der Waals surface area contributed by atoms with Crippen LogP contribution in [-0.2, 0) is 5.75 Å². The van der Waals surface area contributed by atoms with Crippen molar-refractivity contribution in [3.63, 3.8) is 0 Å². The van der Waals surface area contributed by atoms with Gasteiger partial charge in [-0.3, -0.25) is 10.1 Å². The number of aromatic nitrogens is 2. The van der Waals surface area contributed by atoms with E-state index in [2.05, 4.69) is 9.97 Å². The quantitative estimate of drug-likeness (QED) is 0.265. The number of hydrogen-bond donors (Lipinski definition) is 0. The molecule has 0 saturated carbocycles. The largest absolute Gasteiger partial charge is 0.439 e. The zero-order valence-corrected chi connectivity index (χ0v) is 14.6. The number of nitrogens with zero attached hydrogens (tertiary/aromatic N) is 3. The number of aryl methyl sites for hydroxylation is 1. The van der Waals surface area contributed by atoms with E-state index in [1.54, 1.807) is 12.1 Å². The van der Waals surface area contributed by atoms with Crippen LogP contribution in [0.4, 0.5) is 10.1 Å². The molecule has 0 unspecified atom stereocenters. The van der Waals surface area contributed by atoms with Gasteiger partial charge < -0.3 is 4.74 Å². The Bertz CT molecular complexity index is 935. The molecule has 0 atom stereocenters. The first-order valence-corrected chi connectivity index (χ1v) is 8.63. The van der Waals surface area contributed by atoms with Crippen molar-refractivity contribution in [3.8, 4) is 11.6 Å². The van der Waals surface area contributed by atoms with Gasteiger partial charge in [0.25, 0.3) is 5.69 Å². The van der Waals surface area contributed by atoms with Crippen molar-refractivity contribution in [3.05, 3.63) is 81.8 Å². The summed E-state index contributed by atoms with van der Waals surface area (Å²) in [5, 5.41) is 11.3. The monoisotopic (exact) mass is 371 g/mol. The maximum Gasteiger partial charge on any atom is 0.269 e. The summed E-state index contributed by atoms with van der Waals surface area (Å²) in [5.41, 5.74) is 1.57. The number of nitro groups is 1. The average Bonchev–Trinajstić information content (AvgIpc) is 2.62. The van der Waals surface area contributed by atoms with Crippen molar-refractivity contribution in [2.75, 3.05) is 0 Å². The smallest absolute Gasteiger partial charge is 0.269 e. The van der Waals surface area contributed by atoms with Crippen LogP contribution >= 0.6 is 11.8 Å². The highest BCUT2D eigenvalue weighted by Crippen LogP contribution is 2.26. The normalized spacial score (nSPS) is 10.5. The minimum absolute atomic E-state index is 0.0496. The van der Waals surface area contributed by atoms with E-state index in [1.807, 2.05) is 13.0 Å². The standard InChI is InChI=1S/C18H14FN3O3S/c1-12-9-17(25-16-7-5-14(19)6-8-16)21-18(20-12)26-11-13-3-2-4-15(10-13)22(23)24/h2-10H,11H2,1H3. The Kier molecular flexibility index (Phi) is 5.43. The number of hydrogen-bond acceptors (Lipinski definition) is 6. The molecular formula is C18H14FN3O3S. The molecule has 1 aromatic heterocycles. The van der Waals surface area contributed by atoms with Crippen LogP contribution < -0.4 is 4.74 Å². The molecule has 3 rings (SSSR count). The van der Waals surface area contributed by atoms with E-state index < -0.39 is 4.92 Å². The van der Waals surface area contributed by atoms with Crippen molar-refractivity contribution >= 4 is 17.4 Å². The average molecular weight is 371 g/mol. The summed E-state index contributed by atoms with van der Waals surface area (Å²) >= 11 is 1.35. The molecule has 0 fully saturated rings. The molecule has 0 N–H and O–H groups in total. The van der Waals surface area contributed by atoms with Crippen LogP contribution in [0.5, 0.6) is 11.6 Å². The molecule has 8 heteroatoms. The molecule has 0 aliphatic heterocycles. The summed E-state index contributed by atoms with van der Waals surface area (Å²) in [7, 11) is 0. The Morgan fingerprint density at radius 1 is 1.15 bits per heavy atom. The summed E-state index contributed by atoms with van der Waals surface area (Å²) in [6.45, 7) is 1.82. The first-order valence-electron chi connectivity index (χ1n) is 7.65. The van der Waals surface area contributed by atoms with Gasteiger partial charge in [0.2, 0.25) is 5.88 Å². The minimum atomic E-state index is -0.425. The van der Waals surface area contributed by atoms with Crippen molar-refractivity contribution in [1.29, 1.82) is 0 Å². The SMILES string of the molecule is Cc1cc(Oc2ccc(F)cc2)nc(SCc2cccc([N+](=O)[O-])c2)n1. The summed E-state index contributed by atoms with van der Waals surface area (Å²) in [6.07, 6.45) is 0. The van der Waals surface area contributed by atoms with E-state index in [-0.39, 0.29) is 11.5 Å². The second-order valence-corrected chi connectivity index (χ2v) is 6.34. The molecule has 0 saturated heterocycles. The zero-order chi connectivity index (χ0) is 18.5. The molecule has 2 aromatic carbocycles. The maximum absolute atomic E-state index is 13.0. The number of benzene rings is 2. The Labute approximate surface area is 153 Å². The van der Waals surface area contributed by atoms with Gasteiger partial charge in [0, 0.05) is 29.6 Å². The second-order valence-electron chi connectivity index (χ2n) is 5.40. The van der Waals surface area contributed by atoms with Crippen LogP contribution in [0.1, 0.15) is 11.3 Å². The number of thioether (sulfide) groups is 1. The van der Waals surface area contributed by atoms with Crippen molar-refractivity contribution < 1.29 is 14.1 Å². The third-order valence-electron chi connectivity index (χ3n) is 3.34. The highest BCUT2D eigenvalue weighted by atomic mass is 32.2. The molecule has 0 bridgehead atoms. The van der Waals surface area contributed by atoms with Crippen LogP contribution in [0.25, 0.3) is 0 Å². The predicted octanol–water partition coefficient (Wildman–Crippen LogP) is 4.92. The Hall–Kier alpha value is -3.00. The second kappa shape index (κ2) is 7.92. The first kappa shape index (κ1) is 17.8. The maximum atomic E-state index is 13.0. The number of rotatable bonds is 6. The van der Waals surface area contributed by atoms with Crippen LogP contribution in [0.2, 0.25) is 0 Å². The topological polar surface area (TPSA) is 78.2 Å².